The van der Waals surface area contributed by atoms with Crippen molar-refractivity contribution < 1.29 is 24.5 Å². The first kappa shape index (κ1) is 93.6. The molecule has 0 aliphatic heterocycles. The fourth-order valence-corrected chi connectivity index (χ4v) is 13.6. The number of rotatable bonds is 82. The molecule has 0 aromatic carbocycles. The number of carbonyl (C=O) groups excluding carboxylic acids is 2. The van der Waals surface area contributed by atoms with Crippen LogP contribution in [-0.4, -0.2) is 47.4 Å². The Morgan fingerprint density at radius 3 is 0.812 bits per heavy atom. The minimum atomic E-state index is -0.845. The Kier molecular flexibility index (Phi) is 82.8. The Morgan fingerprint density at radius 1 is 0.292 bits per heavy atom. The summed E-state index contributed by atoms with van der Waals surface area (Å²) >= 11 is 0. The zero-order chi connectivity index (χ0) is 69.1. The van der Waals surface area contributed by atoms with Gasteiger partial charge in [-0.25, -0.2) is 0 Å². The molecule has 0 aromatic heterocycles. The molecule has 0 aliphatic carbocycles. The number of esters is 1. The quantitative estimate of drug-likeness (QED) is 0.0320. The third kappa shape index (κ3) is 80.5. The molecule has 96 heavy (non-hydrogen) atoms. The van der Waals surface area contributed by atoms with Crippen LogP contribution < -0.4 is 5.32 Å². The normalized spacial score (nSPS) is 12.8. The van der Waals surface area contributed by atoms with Crippen LogP contribution in [0.25, 0.3) is 0 Å². The van der Waals surface area contributed by atoms with Crippen LogP contribution in [-0.2, 0) is 14.3 Å². The molecule has 0 heterocycles. The predicted octanol–water partition coefficient (Wildman–Crippen LogP) is 29.3. The Morgan fingerprint density at radius 2 is 0.521 bits per heavy atom. The molecule has 6 heteroatoms. The molecule has 0 spiro atoms. The Labute approximate surface area is 600 Å². The van der Waals surface area contributed by atoms with E-state index in [1.807, 2.05) is 6.08 Å². The van der Waals surface area contributed by atoms with Crippen LogP contribution in [0.5, 0.6) is 0 Å². The molecule has 0 saturated carbocycles. The van der Waals surface area contributed by atoms with Gasteiger partial charge >= 0.3 is 5.97 Å². The highest BCUT2D eigenvalue weighted by Gasteiger charge is 2.18. The van der Waals surface area contributed by atoms with Crippen LogP contribution in [0, 0.1) is 0 Å². The van der Waals surface area contributed by atoms with Crippen LogP contribution in [0.2, 0.25) is 0 Å². The molecular weight excluding hydrogens is 1170 g/mol. The molecule has 2 unspecified atom stereocenters. The molecule has 0 saturated heterocycles. The Bertz CT molecular complexity index is 1650. The summed E-state index contributed by atoms with van der Waals surface area (Å²) in [7, 11) is 0. The van der Waals surface area contributed by atoms with Crippen LogP contribution in [0.1, 0.15) is 476 Å². The lowest BCUT2D eigenvalue weighted by atomic mass is 10.0. The van der Waals surface area contributed by atoms with Gasteiger partial charge in [-0.05, 0) is 96.3 Å². The van der Waals surface area contributed by atoms with E-state index in [1.165, 1.54) is 392 Å². The van der Waals surface area contributed by atoms with E-state index in [4.69, 9.17) is 4.74 Å². The lowest BCUT2D eigenvalue weighted by molar-refractivity contribution is -0.143. The summed E-state index contributed by atoms with van der Waals surface area (Å²) in [5.41, 5.74) is 0. The largest absolute Gasteiger partial charge is 0.466 e. The van der Waals surface area contributed by atoms with Crippen LogP contribution in [0.3, 0.4) is 0 Å². The molecule has 0 fully saturated rings. The van der Waals surface area contributed by atoms with Crippen LogP contribution in [0.4, 0.5) is 0 Å². The van der Waals surface area contributed by atoms with Gasteiger partial charge in [-0.2, -0.15) is 0 Å². The third-order valence-electron chi connectivity index (χ3n) is 20.3. The molecule has 3 N–H and O–H groups in total. The molecule has 0 rings (SSSR count). The van der Waals surface area contributed by atoms with E-state index < -0.39 is 12.1 Å². The minimum Gasteiger partial charge on any atom is -0.466 e. The summed E-state index contributed by atoms with van der Waals surface area (Å²) in [6.07, 6.45) is 115. The van der Waals surface area contributed by atoms with Crippen LogP contribution >= 0.6 is 0 Å². The number of unbranched alkanes of at least 4 members (excludes halogenated alkanes) is 63. The summed E-state index contributed by atoms with van der Waals surface area (Å²) in [4.78, 5) is 24.7. The zero-order valence-corrected chi connectivity index (χ0v) is 64.9. The van der Waals surface area contributed by atoms with Gasteiger partial charge in [0.25, 0.3) is 0 Å². The summed E-state index contributed by atoms with van der Waals surface area (Å²) in [6.45, 7) is 4.93. The topological polar surface area (TPSA) is 95.9 Å². The van der Waals surface area contributed by atoms with Crippen molar-refractivity contribution in [1.29, 1.82) is 0 Å². The summed E-state index contributed by atoms with van der Waals surface area (Å²) in [6, 6.07) is -0.628. The second-order valence-corrected chi connectivity index (χ2v) is 29.9. The standard InChI is InChI=1S/C90H169NO5/c1-3-5-7-9-11-13-15-17-19-21-22-23-41-44-47-51-54-58-62-66-70-74-78-82-88(93)87(86-92)91-89(94)83-79-75-71-67-63-59-55-52-48-45-42-39-37-35-33-31-29-27-25-24-26-28-30-32-34-36-38-40-43-46-49-53-57-61-65-69-73-77-81-85-96-90(95)84-80-76-72-68-64-60-56-50-20-18-16-14-12-10-8-6-4-2/h12,14,18,20,24-25,28,30,78,82,87-88,92-93H,3-11,13,15-17,19,21-23,26-27,29,31-77,79-81,83-86H2,1-2H3,(H,91,94)/b14-12-,20-18-,25-24-,30-28-,82-78+. The summed E-state index contributed by atoms with van der Waals surface area (Å²) in [5.74, 6) is -0.0474. The molecule has 2 atom stereocenters. The highest BCUT2D eigenvalue weighted by atomic mass is 16.5. The number of carbonyl (C=O) groups is 2. The summed E-state index contributed by atoms with van der Waals surface area (Å²) < 4.78 is 5.51. The third-order valence-corrected chi connectivity index (χ3v) is 20.3. The smallest absolute Gasteiger partial charge is 0.305 e. The van der Waals surface area contributed by atoms with Gasteiger partial charge < -0.3 is 20.3 Å². The number of aliphatic hydroxyl groups excluding tert-OH is 2. The van der Waals surface area contributed by atoms with Crippen molar-refractivity contribution in [2.45, 2.75) is 488 Å². The Balaban J connectivity index is 3.38. The monoisotopic (exact) mass is 1340 g/mol. The number of hydrogen-bond acceptors (Lipinski definition) is 5. The van der Waals surface area contributed by atoms with Crippen LogP contribution in [0.15, 0.2) is 60.8 Å². The number of nitrogens with one attached hydrogen (secondary N) is 1. The van der Waals surface area contributed by atoms with Gasteiger partial charge in [0, 0.05) is 12.8 Å². The molecule has 6 nitrogen and oxygen atoms in total. The first-order valence-electron chi connectivity index (χ1n) is 43.6. The second kappa shape index (κ2) is 85.0. The van der Waals surface area contributed by atoms with Gasteiger partial charge in [0.1, 0.15) is 0 Å². The fourth-order valence-electron chi connectivity index (χ4n) is 13.6. The number of allylic oxidation sites excluding steroid dienone is 9. The van der Waals surface area contributed by atoms with Gasteiger partial charge in [0.15, 0.2) is 0 Å². The summed E-state index contributed by atoms with van der Waals surface area (Å²) in [5, 5.41) is 23.3. The number of ether oxygens (including phenoxy) is 1. The van der Waals surface area contributed by atoms with Crippen molar-refractivity contribution in [3.8, 4) is 0 Å². The number of hydrogen-bond donors (Lipinski definition) is 3. The number of amides is 1. The average Bonchev–Trinajstić information content (AvgIpc) is 3.15. The average molecular weight is 1350 g/mol. The molecule has 564 valence electrons. The van der Waals surface area contributed by atoms with E-state index >= 15 is 0 Å². The molecule has 0 radical (unpaired) electrons. The van der Waals surface area contributed by atoms with Gasteiger partial charge in [-0.15, -0.1) is 0 Å². The highest BCUT2D eigenvalue weighted by molar-refractivity contribution is 5.76. The highest BCUT2D eigenvalue weighted by Crippen LogP contribution is 2.20. The van der Waals surface area contributed by atoms with E-state index in [2.05, 4.69) is 67.8 Å². The molecular formula is C90H169NO5. The van der Waals surface area contributed by atoms with E-state index in [0.717, 1.165) is 57.8 Å². The fraction of sp³-hybridized carbons (Fsp3) is 0.867. The zero-order valence-electron chi connectivity index (χ0n) is 64.9. The van der Waals surface area contributed by atoms with Crippen molar-refractivity contribution in [2.24, 2.45) is 0 Å². The van der Waals surface area contributed by atoms with E-state index in [9.17, 15) is 19.8 Å². The van der Waals surface area contributed by atoms with Crippen molar-refractivity contribution in [3.63, 3.8) is 0 Å². The SMILES string of the molecule is CCCCC/C=C\C/C=C\CCCCCCCCCC(=O)OCCCCCCCCCCCCCCCCC/C=C\C/C=C\CCCCCCCCCCCCCCCCCCCC(=O)NC(CO)C(O)/C=C/CCCCCCCCCCCCCCCCCCCCCCC. The van der Waals surface area contributed by atoms with E-state index in [1.54, 1.807) is 6.08 Å². The molecule has 1 amide bonds. The predicted molar refractivity (Wildman–Crippen MR) is 425 cm³/mol. The van der Waals surface area contributed by atoms with Crippen molar-refractivity contribution in [2.75, 3.05) is 13.2 Å². The maximum Gasteiger partial charge on any atom is 0.305 e. The van der Waals surface area contributed by atoms with E-state index in [0.29, 0.717) is 19.4 Å². The first-order valence-corrected chi connectivity index (χ1v) is 43.6. The van der Waals surface area contributed by atoms with Crippen molar-refractivity contribution in [1.82, 2.24) is 5.32 Å². The molecule has 0 bridgehead atoms. The van der Waals surface area contributed by atoms with Crippen molar-refractivity contribution >= 4 is 11.9 Å². The second-order valence-electron chi connectivity index (χ2n) is 29.9. The first-order chi connectivity index (χ1) is 47.5. The number of aliphatic hydroxyl groups is 2. The van der Waals surface area contributed by atoms with Crippen molar-refractivity contribution in [3.05, 3.63) is 60.8 Å². The maximum absolute atomic E-state index is 12.6. The van der Waals surface area contributed by atoms with E-state index in [-0.39, 0.29) is 18.5 Å². The lowest BCUT2D eigenvalue weighted by Crippen LogP contribution is -2.45. The van der Waals surface area contributed by atoms with Gasteiger partial charge in [-0.1, -0.05) is 428 Å². The van der Waals surface area contributed by atoms with Gasteiger partial charge in [-0.3, -0.25) is 9.59 Å². The molecule has 0 aromatic rings. The lowest BCUT2D eigenvalue weighted by Gasteiger charge is -2.20. The van der Waals surface area contributed by atoms with Gasteiger partial charge in [0.05, 0.1) is 25.4 Å². The Hall–Kier alpha value is -2.44. The molecule has 0 aliphatic rings. The maximum atomic E-state index is 12.6. The minimum absolute atomic E-state index is 0.0128. The van der Waals surface area contributed by atoms with Gasteiger partial charge in [0.2, 0.25) is 5.91 Å².